The molecule has 0 atom stereocenters. The highest BCUT2D eigenvalue weighted by Gasteiger charge is 2.24. The van der Waals surface area contributed by atoms with Crippen molar-refractivity contribution in [1.29, 1.82) is 5.26 Å². The van der Waals surface area contributed by atoms with E-state index < -0.39 is 0 Å². The predicted molar refractivity (Wildman–Crippen MR) is 106 cm³/mol. The van der Waals surface area contributed by atoms with Crippen molar-refractivity contribution < 1.29 is 4.74 Å². The van der Waals surface area contributed by atoms with Crippen molar-refractivity contribution in [3.63, 3.8) is 0 Å². The maximum Gasteiger partial charge on any atom is 0.268 e. The monoisotopic (exact) mass is 357 g/mol. The Bertz CT molecular complexity index is 1310. The van der Waals surface area contributed by atoms with Gasteiger partial charge in [0.25, 0.3) is 5.56 Å². The largest absolute Gasteiger partial charge is 0.494 e. The molecule has 0 spiro atoms. The Labute approximate surface area is 156 Å². The van der Waals surface area contributed by atoms with Crippen molar-refractivity contribution in [3.8, 4) is 22.9 Å². The van der Waals surface area contributed by atoms with Crippen LogP contribution in [0.15, 0.2) is 47.3 Å². The minimum atomic E-state index is -0.194. The lowest BCUT2D eigenvalue weighted by atomic mass is 10.0. The number of ether oxygens (including phenoxy) is 1. The molecule has 4 aromatic rings. The second kappa shape index (κ2) is 6.03. The van der Waals surface area contributed by atoms with E-state index in [-0.39, 0.29) is 5.56 Å². The predicted octanol–water partition coefficient (Wildman–Crippen LogP) is 3.96. The molecule has 0 fully saturated rings. The van der Waals surface area contributed by atoms with E-state index >= 15 is 0 Å². The van der Waals surface area contributed by atoms with Crippen LogP contribution in [0.5, 0.6) is 5.75 Å². The molecule has 134 valence electrons. The summed E-state index contributed by atoms with van der Waals surface area (Å²) in [4.78, 5) is 13.6. The van der Waals surface area contributed by atoms with Gasteiger partial charge in [-0.1, -0.05) is 30.3 Å². The molecule has 0 amide bonds. The number of aryl methyl sites for hydroxylation is 3. The smallest absolute Gasteiger partial charge is 0.268 e. The molecule has 0 bridgehead atoms. The van der Waals surface area contributed by atoms with Crippen molar-refractivity contribution in [2.24, 2.45) is 7.05 Å². The molecule has 0 saturated carbocycles. The number of rotatable bonds is 2. The Morgan fingerprint density at radius 3 is 2.26 bits per heavy atom. The van der Waals surface area contributed by atoms with E-state index in [0.29, 0.717) is 22.5 Å². The summed E-state index contributed by atoms with van der Waals surface area (Å²) in [6.07, 6.45) is 0. The third kappa shape index (κ3) is 2.27. The molecule has 2 heterocycles. The van der Waals surface area contributed by atoms with E-state index in [0.717, 1.165) is 27.7 Å². The zero-order valence-corrected chi connectivity index (χ0v) is 15.7. The number of benzene rings is 2. The van der Waals surface area contributed by atoms with Crippen LogP contribution in [0.25, 0.3) is 27.8 Å². The van der Waals surface area contributed by atoms with Gasteiger partial charge in [-0.25, -0.2) is 0 Å². The Morgan fingerprint density at radius 2 is 1.67 bits per heavy atom. The second-order valence-electron chi connectivity index (χ2n) is 6.71. The molecule has 0 aliphatic heterocycles. The number of nitrogens with zero attached hydrogens (tertiary/aromatic N) is 3. The Balaban J connectivity index is 2.33. The molecule has 5 heteroatoms. The van der Waals surface area contributed by atoms with Crippen molar-refractivity contribution in [2.75, 3.05) is 7.11 Å². The number of aromatic nitrogens is 2. The maximum absolute atomic E-state index is 13.6. The van der Waals surface area contributed by atoms with Gasteiger partial charge in [-0.3, -0.25) is 9.20 Å². The third-order valence-electron chi connectivity index (χ3n) is 5.20. The van der Waals surface area contributed by atoms with Crippen molar-refractivity contribution >= 4 is 16.7 Å². The summed E-state index contributed by atoms with van der Waals surface area (Å²) in [5, 5.41) is 9.91. The number of imidazole rings is 1. The molecule has 0 aliphatic carbocycles. The van der Waals surface area contributed by atoms with Crippen LogP contribution in [0.3, 0.4) is 0 Å². The SMILES string of the molecule is COc1c(-c2ccccc2)c(=O)n2c3cc(C)c(C)cc3n(C)c2c1C#N. The summed E-state index contributed by atoms with van der Waals surface area (Å²) < 4.78 is 9.08. The molecule has 0 saturated heterocycles. The van der Waals surface area contributed by atoms with Crippen LogP contribution in [-0.2, 0) is 7.05 Å². The molecular weight excluding hydrogens is 338 g/mol. The lowest BCUT2D eigenvalue weighted by Crippen LogP contribution is -2.18. The van der Waals surface area contributed by atoms with Gasteiger partial charge < -0.3 is 9.30 Å². The van der Waals surface area contributed by atoms with Crippen LogP contribution in [0.4, 0.5) is 0 Å². The summed E-state index contributed by atoms with van der Waals surface area (Å²) >= 11 is 0. The van der Waals surface area contributed by atoms with Crippen molar-refractivity contribution in [1.82, 2.24) is 8.97 Å². The fraction of sp³-hybridized carbons (Fsp3) is 0.182. The van der Waals surface area contributed by atoms with Crippen LogP contribution < -0.4 is 10.3 Å². The van der Waals surface area contributed by atoms with Gasteiger partial charge in [0.2, 0.25) is 0 Å². The average Bonchev–Trinajstić information content (AvgIpc) is 2.95. The number of nitriles is 1. The lowest BCUT2D eigenvalue weighted by Gasteiger charge is -2.12. The number of methoxy groups -OCH3 is 1. The molecule has 0 radical (unpaired) electrons. The maximum atomic E-state index is 13.6. The zero-order chi connectivity index (χ0) is 19.3. The van der Waals surface area contributed by atoms with Gasteiger partial charge in [0.05, 0.1) is 23.7 Å². The second-order valence-corrected chi connectivity index (χ2v) is 6.71. The van der Waals surface area contributed by atoms with Gasteiger partial charge in [0, 0.05) is 7.05 Å². The molecular formula is C22H19N3O2. The normalized spacial score (nSPS) is 11.1. The molecule has 0 N–H and O–H groups in total. The zero-order valence-electron chi connectivity index (χ0n) is 15.7. The Kier molecular flexibility index (Phi) is 3.78. The van der Waals surface area contributed by atoms with Crippen LogP contribution in [0, 0.1) is 25.2 Å². The summed E-state index contributed by atoms with van der Waals surface area (Å²) in [5.74, 6) is 0.313. The fourth-order valence-electron chi connectivity index (χ4n) is 3.70. The number of pyridine rings is 1. The van der Waals surface area contributed by atoms with Gasteiger partial charge in [-0.05, 0) is 42.7 Å². The number of hydrogen-bond acceptors (Lipinski definition) is 3. The first kappa shape index (κ1) is 16.9. The van der Waals surface area contributed by atoms with E-state index in [1.165, 1.54) is 7.11 Å². The minimum Gasteiger partial charge on any atom is -0.494 e. The molecule has 5 nitrogen and oxygen atoms in total. The summed E-state index contributed by atoms with van der Waals surface area (Å²) in [7, 11) is 3.36. The topological polar surface area (TPSA) is 59.4 Å². The molecule has 0 aliphatic rings. The van der Waals surface area contributed by atoms with E-state index in [1.807, 2.05) is 67.9 Å². The highest BCUT2D eigenvalue weighted by Crippen LogP contribution is 2.34. The van der Waals surface area contributed by atoms with Crippen molar-refractivity contribution in [3.05, 3.63) is 69.5 Å². The van der Waals surface area contributed by atoms with Crippen LogP contribution in [-0.4, -0.2) is 16.1 Å². The highest BCUT2D eigenvalue weighted by molar-refractivity contribution is 5.88. The molecule has 27 heavy (non-hydrogen) atoms. The third-order valence-corrected chi connectivity index (χ3v) is 5.20. The summed E-state index contributed by atoms with van der Waals surface area (Å²) in [6, 6.07) is 15.6. The van der Waals surface area contributed by atoms with Gasteiger partial charge in [-0.2, -0.15) is 5.26 Å². The molecule has 2 aromatic carbocycles. The lowest BCUT2D eigenvalue weighted by molar-refractivity contribution is 0.414. The minimum absolute atomic E-state index is 0.194. The number of hydrogen-bond donors (Lipinski definition) is 0. The highest BCUT2D eigenvalue weighted by atomic mass is 16.5. The quantitative estimate of drug-likeness (QED) is 0.546. The molecule has 2 aromatic heterocycles. The fourth-order valence-corrected chi connectivity index (χ4v) is 3.70. The van der Waals surface area contributed by atoms with E-state index in [9.17, 15) is 10.1 Å². The standard InChI is InChI=1S/C22H19N3O2/c1-13-10-17-18(11-14(13)2)25-21(24(17)3)16(12-23)20(27-4)19(22(25)26)15-8-6-5-7-9-15/h5-11H,1-4H3. The van der Waals surface area contributed by atoms with E-state index in [1.54, 1.807) is 4.40 Å². The summed E-state index contributed by atoms with van der Waals surface area (Å²) in [5.41, 5.74) is 5.75. The Morgan fingerprint density at radius 1 is 1.04 bits per heavy atom. The summed E-state index contributed by atoms with van der Waals surface area (Å²) in [6.45, 7) is 4.06. The first-order valence-electron chi connectivity index (χ1n) is 8.67. The van der Waals surface area contributed by atoms with Gasteiger partial charge >= 0.3 is 0 Å². The molecule has 0 unspecified atom stereocenters. The van der Waals surface area contributed by atoms with Crippen LogP contribution in [0.1, 0.15) is 16.7 Å². The van der Waals surface area contributed by atoms with E-state index in [2.05, 4.69) is 6.07 Å². The van der Waals surface area contributed by atoms with Crippen LogP contribution >= 0.6 is 0 Å². The first-order chi connectivity index (χ1) is 13.0. The Hall–Kier alpha value is -3.52. The first-order valence-corrected chi connectivity index (χ1v) is 8.67. The van der Waals surface area contributed by atoms with Crippen LogP contribution in [0.2, 0.25) is 0 Å². The van der Waals surface area contributed by atoms with Gasteiger partial charge in [0.15, 0.2) is 5.75 Å². The van der Waals surface area contributed by atoms with E-state index in [4.69, 9.17) is 4.74 Å². The van der Waals surface area contributed by atoms with Gasteiger partial charge in [-0.15, -0.1) is 0 Å². The number of fused-ring (bicyclic) bond motifs is 3. The van der Waals surface area contributed by atoms with Crippen molar-refractivity contribution in [2.45, 2.75) is 13.8 Å². The average molecular weight is 357 g/mol. The van der Waals surface area contributed by atoms with Gasteiger partial charge in [0.1, 0.15) is 17.3 Å². The molecule has 4 rings (SSSR count).